The number of ether oxygens (including phenoxy) is 2. The van der Waals surface area contributed by atoms with Crippen molar-refractivity contribution in [1.82, 2.24) is 14.9 Å². The number of carbonyl (C=O) groups excluding carboxylic acids is 1. The van der Waals surface area contributed by atoms with Gasteiger partial charge in [-0.1, -0.05) is 20.4 Å². The molecule has 3 aliphatic rings. The van der Waals surface area contributed by atoms with Crippen LogP contribution in [0.15, 0.2) is 29.3 Å². The van der Waals surface area contributed by atoms with Gasteiger partial charge in [0.1, 0.15) is 31.0 Å². The van der Waals surface area contributed by atoms with Crippen LogP contribution in [0.4, 0.5) is 4.39 Å². The second-order valence-electron chi connectivity index (χ2n) is 9.23. The van der Waals surface area contributed by atoms with Crippen molar-refractivity contribution in [3.8, 4) is 11.4 Å². The summed E-state index contributed by atoms with van der Waals surface area (Å²) >= 11 is 0. The molecule has 1 aromatic carbocycles. The minimum Gasteiger partial charge on any atom is -0.491 e. The van der Waals surface area contributed by atoms with Crippen LogP contribution in [0, 0.1) is 12.7 Å². The van der Waals surface area contributed by atoms with E-state index in [9.17, 15) is 14.0 Å². The molecule has 2 aliphatic heterocycles. The third-order valence-corrected chi connectivity index (χ3v) is 7.35. The van der Waals surface area contributed by atoms with Crippen molar-refractivity contribution < 1.29 is 18.7 Å². The fourth-order valence-corrected chi connectivity index (χ4v) is 5.58. The van der Waals surface area contributed by atoms with Gasteiger partial charge < -0.3 is 25.1 Å². The van der Waals surface area contributed by atoms with Crippen molar-refractivity contribution in [2.75, 3.05) is 13.3 Å². The van der Waals surface area contributed by atoms with Crippen LogP contribution in [-0.2, 0) is 40.3 Å². The molecule has 1 unspecified atom stereocenters. The normalized spacial score (nSPS) is 16.8. The lowest BCUT2D eigenvalue weighted by Gasteiger charge is -2.28. The van der Waals surface area contributed by atoms with Gasteiger partial charge in [-0.05, 0) is 48.9 Å². The maximum Gasteiger partial charge on any atom is 0.258 e. The Kier molecular flexibility index (Phi) is 6.59. The summed E-state index contributed by atoms with van der Waals surface area (Å²) in [5.74, 6) is -0.261. The number of carbonyl (C=O) groups is 1. The zero-order valence-corrected chi connectivity index (χ0v) is 21.4. The zero-order valence-electron chi connectivity index (χ0n) is 21.4. The quantitative estimate of drug-likeness (QED) is 0.410. The smallest absolute Gasteiger partial charge is 0.258 e. The first-order chi connectivity index (χ1) is 17.9. The molecule has 3 N–H and O–H groups in total. The number of rotatable bonds is 4. The van der Waals surface area contributed by atoms with Crippen molar-refractivity contribution in [3.63, 3.8) is 0 Å². The maximum atomic E-state index is 14.7. The lowest BCUT2D eigenvalue weighted by Crippen LogP contribution is -2.34. The molecular weight excluding hydrogens is 475 g/mol. The summed E-state index contributed by atoms with van der Waals surface area (Å²) in [6, 6.07) is 3.40. The summed E-state index contributed by atoms with van der Waals surface area (Å²) in [6.07, 6.45) is 1.90. The Bertz CT molecular complexity index is 1510. The molecule has 4 heterocycles. The molecule has 0 spiro atoms. The molecule has 0 fully saturated rings. The first kappa shape index (κ1) is 25.1. The van der Waals surface area contributed by atoms with E-state index in [2.05, 4.69) is 11.9 Å². The summed E-state index contributed by atoms with van der Waals surface area (Å²) in [4.78, 5) is 29.9. The van der Waals surface area contributed by atoms with Gasteiger partial charge in [0.2, 0.25) is 5.91 Å². The average molecular weight is 507 g/mol. The van der Waals surface area contributed by atoms with E-state index in [-0.39, 0.29) is 37.2 Å². The minimum absolute atomic E-state index is 0.0927. The van der Waals surface area contributed by atoms with Crippen LogP contribution in [0.2, 0.25) is 0 Å². The fraction of sp³-hybridized carbons (Fsp3) is 0.393. The standard InChI is InChI=1S/C26H25FN4O4.C2H6/c1-12-14-4-3-5-15-17-9-31-21(24(17)30-20(23(14)15)7-19(12)27)6-16-18(26(31)33)10-34-13(2)25(16)35-11-29-22(32)8-28;1-2/h6-7,25H,2-5,8-11,28H2,1H3,(H,29,32);1-2H3. The molecule has 8 nitrogen and oxygen atoms in total. The minimum atomic E-state index is -0.731. The number of nitrogens with one attached hydrogen (secondary N) is 1. The van der Waals surface area contributed by atoms with Crippen LogP contribution < -0.4 is 16.6 Å². The Morgan fingerprint density at radius 3 is 2.78 bits per heavy atom. The van der Waals surface area contributed by atoms with Crippen LogP contribution in [0.5, 0.6) is 0 Å². The lowest BCUT2D eigenvalue weighted by atomic mass is 9.85. The number of aromatic nitrogens is 2. The van der Waals surface area contributed by atoms with Gasteiger partial charge >= 0.3 is 0 Å². The highest BCUT2D eigenvalue weighted by atomic mass is 19.1. The predicted octanol–water partition coefficient (Wildman–Crippen LogP) is 3.52. The van der Waals surface area contributed by atoms with Gasteiger partial charge in [-0.2, -0.15) is 0 Å². The van der Waals surface area contributed by atoms with E-state index < -0.39 is 6.10 Å². The molecule has 2 aromatic heterocycles. The van der Waals surface area contributed by atoms with Crippen molar-refractivity contribution >= 4 is 16.8 Å². The van der Waals surface area contributed by atoms with Crippen LogP contribution in [0.25, 0.3) is 22.3 Å². The maximum absolute atomic E-state index is 14.7. The van der Waals surface area contributed by atoms with Gasteiger partial charge in [-0.25, -0.2) is 9.37 Å². The number of pyridine rings is 2. The average Bonchev–Trinajstić information content (AvgIpc) is 3.28. The summed E-state index contributed by atoms with van der Waals surface area (Å²) in [5.41, 5.74) is 12.2. The molecule has 0 bridgehead atoms. The van der Waals surface area contributed by atoms with E-state index in [0.717, 1.165) is 41.3 Å². The largest absolute Gasteiger partial charge is 0.491 e. The third kappa shape index (κ3) is 3.93. The van der Waals surface area contributed by atoms with Crippen LogP contribution in [0.3, 0.4) is 0 Å². The molecule has 9 heteroatoms. The highest BCUT2D eigenvalue weighted by molar-refractivity contribution is 5.92. The molecular formula is C28H31FN4O4. The second-order valence-corrected chi connectivity index (χ2v) is 9.23. The van der Waals surface area contributed by atoms with E-state index in [1.165, 1.54) is 6.07 Å². The van der Waals surface area contributed by atoms with Crippen molar-refractivity contribution in [3.05, 3.63) is 74.0 Å². The van der Waals surface area contributed by atoms with Crippen LogP contribution in [-0.4, -0.2) is 28.7 Å². The van der Waals surface area contributed by atoms with Gasteiger partial charge in [0.25, 0.3) is 5.56 Å². The van der Waals surface area contributed by atoms with Crippen molar-refractivity contribution in [1.29, 1.82) is 0 Å². The number of amides is 1. The number of hydrogen-bond donors (Lipinski definition) is 2. The summed E-state index contributed by atoms with van der Waals surface area (Å²) in [5, 5.41) is 3.59. The molecule has 3 aromatic rings. The molecule has 1 atom stereocenters. The zero-order chi connectivity index (χ0) is 26.4. The molecule has 1 amide bonds. The fourth-order valence-electron chi connectivity index (χ4n) is 5.58. The Morgan fingerprint density at radius 2 is 2.03 bits per heavy atom. The summed E-state index contributed by atoms with van der Waals surface area (Å²) < 4.78 is 27.9. The third-order valence-electron chi connectivity index (χ3n) is 7.35. The predicted molar refractivity (Wildman–Crippen MR) is 138 cm³/mol. The Balaban J connectivity index is 0.00000137. The summed E-state index contributed by atoms with van der Waals surface area (Å²) in [6.45, 7) is 10.0. The second kappa shape index (κ2) is 9.72. The molecule has 1 aliphatic carbocycles. The lowest BCUT2D eigenvalue weighted by molar-refractivity contribution is -0.122. The van der Waals surface area contributed by atoms with Gasteiger partial charge in [-0.15, -0.1) is 0 Å². The number of nitrogens with two attached hydrogens (primary N) is 1. The summed E-state index contributed by atoms with van der Waals surface area (Å²) in [7, 11) is 0. The van der Waals surface area contributed by atoms with Crippen molar-refractivity contribution in [2.24, 2.45) is 5.73 Å². The monoisotopic (exact) mass is 506 g/mol. The van der Waals surface area contributed by atoms with E-state index in [1.54, 1.807) is 4.57 Å². The number of benzene rings is 1. The van der Waals surface area contributed by atoms with Gasteiger partial charge in [-0.3, -0.25) is 9.59 Å². The molecule has 194 valence electrons. The SMILES string of the molecule is C=C1OCc2c(cc3n(c2=O)Cc2c-3nc3cc(F)c(C)c4c3c2CCC4)C1OCNC(=O)CN.CC. The number of nitrogens with zero attached hydrogens (tertiary/aromatic N) is 2. The highest BCUT2D eigenvalue weighted by Crippen LogP contribution is 2.43. The first-order valence-electron chi connectivity index (χ1n) is 12.7. The molecule has 6 rings (SSSR count). The Labute approximate surface area is 214 Å². The van der Waals surface area contributed by atoms with E-state index in [0.29, 0.717) is 45.9 Å². The molecule has 37 heavy (non-hydrogen) atoms. The topological polar surface area (TPSA) is 108 Å². The molecule has 0 saturated heterocycles. The van der Waals surface area contributed by atoms with Gasteiger partial charge in [0.15, 0.2) is 0 Å². The van der Waals surface area contributed by atoms with Crippen LogP contribution in [0.1, 0.15) is 59.8 Å². The van der Waals surface area contributed by atoms with E-state index in [1.807, 2.05) is 26.8 Å². The Hall–Kier alpha value is -3.56. The molecule has 0 radical (unpaired) electrons. The van der Waals surface area contributed by atoms with E-state index >= 15 is 0 Å². The highest BCUT2D eigenvalue weighted by Gasteiger charge is 2.34. The number of halogens is 1. The Morgan fingerprint density at radius 1 is 1.27 bits per heavy atom. The van der Waals surface area contributed by atoms with Gasteiger partial charge in [0.05, 0.1) is 35.6 Å². The number of hydrogen-bond acceptors (Lipinski definition) is 6. The first-order valence-corrected chi connectivity index (χ1v) is 12.7. The van der Waals surface area contributed by atoms with E-state index in [4.69, 9.17) is 20.2 Å². The number of fused-ring (bicyclic) bond motifs is 5. The van der Waals surface area contributed by atoms with Gasteiger partial charge in [0, 0.05) is 22.6 Å². The molecule has 0 saturated carbocycles. The van der Waals surface area contributed by atoms with Crippen molar-refractivity contribution in [2.45, 2.75) is 59.3 Å². The number of aryl methyl sites for hydroxylation is 2. The van der Waals surface area contributed by atoms with Crippen LogP contribution >= 0.6 is 0 Å².